The van der Waals surface area contributed by atoms with Crippen LogP contribution in [0.4, 0.5) is 0 Å². The van der Waals surface area contributed by atoms with E-state index in [2.05, 4.69) is 54.4 Å². The van der Waals surface area contributed by atoms with Crippen molar-refractivity contribution in [2.75, 3.05) is 27.3 Å². The first kappa shape index (κ1) is 20.6. The minimum atomic E-state index is 0. The molecule has 142 valence electrons. The van der Waals surface area contributed by atoms with Crippen LogP contribution in [0.5, 0.6) is 11.5 Å². The second kappa shape index (κ2) is 10.4. The van der Waals surface area contributed by atoms with Gasteiger partial charge in [-0.15, -0.1) is 12.4 Å². The van der Waals surface area contributed by atoms with Crippen LogP contribution in [-0.2, 0) is 12.8 Å². The van der Waals surface area contributed by atoms with Gasteiger partial charge in [-0.3, -0.25) is 0 Å². The van der Waals surface area contributed by atoms with Gasteiger partial charge < -0.3 is 14.4 Å². The molecule has 2 aromatic carbocycles. The number of halogens is 1. The first-order valence-electron chi connectivity index (χ1n) is 9.30. The molecule has 1 heterocycles. The summed E-state index contributed by atoms with van der Waals surface area (Å²) in [5.41, 5.74) is 2.58. The van der Waals surface area contributed by atoms with Gasteiger partial charge in [0.2, 0.25) is 0 Å². The van der Waals surface area contributed by atoms with Crippen molar-refractivity contribution in [3.05, 3.63) is 59.7 Å². The van der Waals surface area contributed by atoms with Crippen molar-refractivity contribution in [3.63, 3.8) is 0 Å². The van der Waals surface area contributed by atoms with Crippen LogP contribution in [0, 0.1) is 0 Å². The van der Waals surface area contributed by atoms with Crippen LogP contribution in [0.3, 0.4) is 0 Å². The average Bonchev–Trinajstić information content (AvgIpc) is 3.06. The van der Waals surface area contributed by atoms with Crippen molar-refractivity contribution < 1.29 is 9.47 Å². The molecule has 1 fully saturated rings. The predicted octanol–water partition coefficient (Wildman–Crippen LogP) is 4.77. The van der Waals surface area contributed by atoms with E-state index < -0.39 is 0 Å². The Morgan fingerprint density at radius 3 is 2.69 bits per heavy atom. The van der Waals surface area contributed by atoms with E-state index >= 15 is 0 Å². The number of rotatable bonds is 8. The van der Waals surface area contributed by atoms with Crippen LogP contribution in [0.25, 0.3) is 0 Å². The zero-order chi connectivity index (χ0) is 17.5. The Balaban J connectivity index is 0.00000243. The molecule has 0 spiro atoms. The van der Waals surface area contributed by atoms with Gasteiger partial charge in [-0.2, -0.15) is 0 Å². The summed E-state index contributed by atoms with van der Waals surface area (Å²) in [5.74, 6) is 1.95. The summed E-state index contributed by atoms with van der Waals surface area (Å²) in [5, 5.41) is 0. The lowest BCUT2D eigenvalue weighted by molar-refractivity contribution is 0.232. The minimum Gasteiger partial charge on any atom is -0.497 e. The van der Waals surface area contributed by atoms with Crippen molar-refractivity contribution in [1.82, 2.24) is 4.90 Å². The maximum absolute atomic E-state index is 6.13. The van der Waals surface area contributed by atoms with Gasteiger partial charge in [0.15, 0.2) is 0 Å². The van der Waals surface area contributed by atoms with Gasteiger partial charge in [0, 0.05) is 6.04 Å². The van der Waals surface area contributed by atoms with Crippen molar-refractivity contribution in [2.45, 2.75) is 38.1 Å². The molecule has 1 saturated heterocycles. The van der Waals surface area contributed by atoms with Gasteiger partial charge in [-0.25, -0.2) is 0 Å². The highest BCUT2D eigenvalue weighted by Crippen LogP contribution is 2.23. The van der Waals surface area contributed by atoms with E-state index in [1.165, 1.54) is 30.5 Å². The summed E-state index contributed by atoms with van der Waals surface area (Å²) < 4.78 is 11.4. The van der Waals surface area contributed by atoms with Crippen molar-refractivity contribution in [1.29, 1.82) is 0 Å². The molecule has 0 bridgehead atoms. The van der Waals surface area contributed by atoms with Crippen LogP contribution in [0.1, 0.15) is 30.4 Å². The van der Waals surface area contributed by atoms with Gasteiger partial charge in [-0.05, 0) is 75.0 Å². The molecule has 26 heavy (non-hydrogen) atoms. The van der Waals surface area contributed by atoms with Crippen LogP contribution in [0.15, 0.2) is 48.5 Å². The number of aryl methyl sites for hydroxylation is 2. The summed E-state index contributed by atoms with van der Waals surface area (Å²) >= 11 is 0. The lowest BCUT2D eigenvalue weighted by atomic mass is 10.0. The largest absolute Gasteiger partial charge is 0.497 e. The number of hydrogen-bond donors (Lipinski definition) is 0. The van der Waals surface area contributed by atoms with Gasteiger partial charge in [-0.1, -0.05) is 30.3 Å². The van der Waals surface area contributed by atoms with Crippen molar-refractivity contribution in [3.8, 4) is 11.5 Å². The summed E-state index contributed by atoms with van der Waals surface area (Å²) in [6.45, 7) is 2.02. The molecule has 1 aliphatic rings. The van der Waals surface area contributed by atoms with E-state index in [4.69, 9.17) is 9.47 Å². The van der Waals surface area contributed by atoms with E-state index in [1.807, 2.05) is 6.07 Å². The van der Waals surface area contributed by atoms with E-state index in [9.17, 15) is 0 Å². The Morgan fingerprint density at radius 1 is 1.08 bits per heavy atom. The summed E-state index contributed by atoms with van der Waals surface area (Å²) in [6, 6.07) is 17.4. The molecule has 1 unspecified atom stereocenters. The fourth-order valence-corrected chi connectivity index (χ4v) is 3.61. The molecule has 0 N–H and O–H groups in total. The summed E-state index contributed by atoms with van der Waals surface area (Å²) in [4.78, 5) is 2.46. The highest BCUT2D eigenvalue weighted by Gasteiger charge is 2.20. The molecule has 0 amide bonds. The van der Waals surface area contributed by atoms with Crippen molar-refractivity contribution in [2.24, 2.45) is 0 Å². The van der Waals surface area contributed by atoms with Gasteiger partial charge in [0.05, 0.1) is 13.7 Å². The third-order valence-corrected chi connectivity index (χ3v) is 5.17. The zero-order valence-corrected chi connectivity index (χ0v) is 16.6. The molecular formula is C22H30ClNO2. The van der Waals surface area contributed by atoms with Gasteiger partial charge >= 0.3 is 0 Å². The molecule has 2 aromatic rings. The first-order valence-corrected chi connectivity index (χ1v) is 9.30. The van der Waals surface area contributed by atoms with Gasteiger partial charge in [0.25, 0.3) is 0 Å². The minimum absolute atomic E-state index is 0. The Hall–Kier alpha value is -1.71. The fourth-order valence-electron chi connectivity index (χ4n) is 3.61. The smallest absolute Gasteiger partial charge is 0.122 e. The number of likely N-dealkylation sites (tertiary alicyclic amines) is 1. The average molecular weight is 376 g/mol. The highest BCUT2D eigenvalue weighted by molar-refractivity contribution is 5.85. The number of methoxy groups -OCH3 is 1. The number of ether oxygens (including phenoxy) is 2. The van der Waals surface area contributed by atoms with E-state index in [-0.39, 0.29) is 12.4 Å². The highest BCUT2D eigenvalue weighted by atomic mass is 35.5. The van der Waals surface area contributed by atoms with E-state index in [0.29, 0.717) is 6.04 Å². The molecule has 0 saturated carbocycles. The lowest BCUT2D eigenvalue weighted by Gasteiger charge is -2.20. The molecule has 1 aliphatic heterocycles. The predicted molar refractivity (Wildman–Crippen MR) is 110 cm³/mol. The standard InChI is InChI=1S/C22H29NO2.ClH/c1-23-15-6-9-20(23)14-16-25-22-11-4-3-8-19(22)13-12-18-7-5-10-21(17-18)24-2;/h3-5,7-8,10-11,17,20H,6,9,12-16H2,1-2H3;1H. The maximum Gasteiger partial charge on any atom is 0.122 e. The number of hydrogen-bond acceptors (Lipinski definition) is 3. The molecule has 0 radical (unpaired) electrons. The Labute approximate surface area is 163 Å². The lowest BCUT2D eigenvalue weighted by Crippen LogP contribution is -2.26. The number of benzene rings is 2. The van der Waals surface area contributed by atoms with Crippen LogP contribution < -0.4 is 9.47 Å². The third kappa shape index (κ3) is 5.65. The Kier molecular flexibility index (Phi) is 8.27. The van der Waals surface area contributed by atoms with Crippen LogP contribution >= 0.6 is 12.4 Å². The SMILES string of the molecule is COc1cccc(CCc2ccccc2OCCC2CCCN2C)c1.Cl. The molecule has 3 rings (SSSR count). The summed E-state index contributed by atoms with van der Waals surface area (Å²) in [6.07, 6.45) is 5.70. The molecule has 1 atom stereocenters. The maximum atomic E-state index is 6.13. The van der Waals surface area contributed by atoms with E-state index in [0.717, 1.165) is 37.4 Å². The zero-order valence-electron chi connectivity index (χ0n) is 15.8. The number of para-hydroxylation sites is 1. The second-order valence-corrected chi connectivity index (χ2v) is 6.87. The van der Waals surface area contributed by atoms with E-state index in [1.54, 1.807) is 7.11 Å². The Bertz CT molecular complexity index is 677. The normalized spacial score (nSPS) is 16.9. The molecule has 0 aliphatic carbocycles. The van der Waals surface area contributed by atoms with Crippen LogP contribution in [0.2, 0.25) is 0 Å². The monoisotopic (exact) mass is 375 g/mol. The van der Waals surface area contributed by atoms with Gasteiger partial charge in [0.1, 0.15) is 11.5 Å². The quantitative estimate of drug-likeness (QED) is 0.663. The third-order valence-electron chi connectivity index (χ3n) is 5.17. The van der Waals surface area contributed by atoms with Crippen molar-refractivity contribution >= 4 is 12.4 Å². The second-order valence-electron chi connectivity index (χ2n) is 6.87. The van der Waals surface area contributed by atoms with Crippen LogP contribution in [-0.4, -0.2) is 38.3 Å². The fraction of sp³-hybridized carbons (Fsp3) is 0.455. The molecule has 4 heteroatoms. The first-order chi connectivity index (χ1) is 12.3. The summed E-state index contributed by atoms with van der Waals surface area (Å²) in [7, 11) is 3.93. The molecule has 3 nitrogen and oxygen atoms in total. The number of nitrogens with zero attached hydrogens (tertiary/aromatic N) is 1. The molecule has 0 aromatic heterocycles. The Morgan fingerprint density at radius 2 is 1.92 bits per heavy atom. The molecular weight excluding hydrogens is 346 g/mol. The topological polar surface area (TPSA) is 21.7 Å².